The molecule has 2 aromatic carbocycles. The smallest absolute Gasteiger partial charge is 0.416 e. The molecule has 1 saturated heterocycles. The Morgan fingerprint density at radius 3 is 2.43 bits per heavy atom. The van der Waals surface area contributed by atoms with Gasteiger partial charge in [-0.15, -0.1) is 0 Å². The summed E-state index contributed by atoms with van der Waals surface area (Å²) in [7, 11) is 0. The molecule has 1 amide bonds. The van der Waals surface area contributed by atoms with Crippen molar-refractivity contribution in [1.82, 2.24) is 9.88 Å². The van der Waals surface area contributed by atoms with Crippen molar-refractivity contribution in [3.8, 4) is 5.88 Å². The number of nitrogens with zero attached hydrogens (tertiary/aromatic N) is 5. The number of hydrogen-bond donors (Lipinski definition) is 2. The monoisotopic (exact) mass is 669 g/mol. The molecule has 2 aliphatic rings. The molecule has 0 saturated carbocycles. The molecule has 1 aromatic heterocycles. The van der Waals surface area contributed by atoms with Crippen LogP contribution in [0.2, 0.25) is 0 Å². The van der Waals surface area contributed by atoms with Gasteiger partial charge in [0.2, 0.25) is 5.88 Å². The third-order valence-corrected chi connectivity index (χ3v) is 8.48. The first-order valence-electron chi connectivity index (χ1n) is 14.0. The number of aliphatic hydroxyl groups excluding tert-OH is 1. The fourth-order valence-electron chi connectivity index (χ4n) is 5.14. The van der Waals surface area contributed by atoms with E-state index in [2.05, 4.69) is 15.2 Å². The molecular formula is C30H29F6N5O4S. The number of aliphatic hydroxyl groups is 1. The quantitative estimate of drug-likeness (QED) is 0.381. The maximum absolute atomic E-state index is 14.1. The van der Waals surface area contributed by atoms with Crippen molar-refractivity contribution < 1.29 is 46.1 Å². The molecule has 5 rings (SSSR count). The number of aromatic hydroxyl groups is 1. The minimum Gasteiger partial charge on any atom is -0.492 e. The van der Waals surface area contributed by atoms with Gasteiger partial charge in [0, 0.05) is 31.6 Å². The van der Waals surface area contributed by atoms with Crippen LogP contribution >= 0.6 is 11.3 Å². The van der Waals surface area contributed by atoms with Gasteiger partial charge in [-0.3, -0.25) is 4.90 Å². The van der Waals surface area contributed by atoms with E-state index >= 15 is 0 Å². The van der Waals surface area contributed by atoms with E-state index in [0.29, 0.717) is 22.2 Å². The van der Waals surface area contributed by atoms with Crippen LogP contribution in [-0.2, 0) is 23.5 Å². The third-order valence-electron chi connectivity index (χ3n) is 7.31. The van der Waals surface area contributed by atoms with Gasteiger partial charge >= 0.3 is 18.4 Å². The number of amides is 1. The molecule has 0 bridgehead atoms. The highest BCUT2D eigenvalue weighted by atomic mass is 32.1. The molecule has 2 aliphatic heterocycles. The second-order valence-corrected chi connectivity index (χ2v) is 12.7. The van der Waals surface area contributed by atoms with Gasteiger partial charge in [-0.05, 0) is 61.4 Å². The van der Waals surface area contributed by atoms with Gasteiger partial charge in [-0.1, -0.05) is 23.5 Å². The molecule has 0 aliphatic carbocycles. The molecule has 0 radical (unpaired) electrons. The second-order valence-electron chi connectivity index (χ2n) is 11.7. The summed E-state index contributed by atoms with van der Waals surface area (Å²) in [6, 6.07) is 5.56. The number of halogens is 6. The van der Waals surface area contributed by atoms with E-state index in [4.69, 9.17) is 4.74 Å². The van der Waals surface area contributed by atoms with Crippen LogP contribution in [0, 0.1) is 0 Å². The Kier molecular flexibility index (Phi) is 8.81. The van der Waals surface area contributed by atoms with Crippen molar-refractivity contribution in [1.29, 1.82) is 0 Å². The molecule has 3 heterocycles. The summed E-state index contributed by atoms with van der Waals surface area (Å²) in [5.74, 6) is -0.496. The highest BCUT2D eigenvalue weighted by Gasteiger charge is 2.39. The fraction of sp³-hybridized carbons (Fsp3) is 0.400. The summed E-state index contributed by atoms with van der Waals surface area (Å²) in [6.07, 6.45) is -9.74. The van der Waals surface area contributed by atoms with Crippen molar-refractivity contribution in [2.75, 3.05) is 31.1 Å². The number of carbonyl (C=O) groups excluding carboxylic acids is 1. The SMILES string of the molecule is CC(C)(C)OC(=O)N1CCN(c2nc(O)c(C(Cc3ccc(C(F)(F)F)cc3C(F)(F)F)=c3ccc4c(c3)C=NN=4)s2)C[C@H]1CO. The highest BCUT2D eigenvalue weighted by Crippen LogP contribution is 2.41. The van der Waals surface area contributed by atoms with Crippen molar-refractivity contribution in [3.63, 3.8) is 0 Å². The van der Waals surface area contributed by atoms with Gasteiger partial charge in [-0.25, -0.2) is 4.79 Å². The molecule has 16 heteroatoms. The number of anilines is 1. The molecule has 0 unspecified atom stereocenters. The number of benzene rings is 2. The largest absolute Gasteiger partial charge is 0.492 e. The maximum atomic E-state index is 14.1. The second kappa shape index (κ2) is 12.2. The number of carbonyl (C=O) groups is 1. The summed E-state index contributed by atoms with van der Waals surface area (Å²) >= 11 is 0.968. The predicted octanol–water partition coefficient (Wildman–Crippen LogP) is 4.71. The highest BCUT2D eigenvalue weighted by molar-refractivity contribution is 7.17. The van der Waals surface area contributed by atoms with Crippen LogP contribution in [0.4, 0.5) is 36.3 Å². The normalized spacial score (nSPS) is 17.6. The zero-order valence-electron chi connectivity index (χ0n) is 24.8. The lowest BCUT2D eigenvalue weighted by Crippen LogP contribution is -2.57. The molecular weight excluding hydrogens is 640 g/mol. The van der Waals surface area contributed by atoms with Gasteiger partial charge in [0.25, 0.3) is 0 Å². The van der Waals surface area contributed by atoms with Gasteiger partial charge in [0.15, 0.2) is 5.13 Å². The summed E-state index contributed by atoms with van der Waals surface area (Å²) in [5, 5.41) is 30.0. The molecule has 246 valence electrons. The molecule has 1 fully saturated rings. The number of fused-ring (bicyclic) bond motifs is 1. The zero-order valence-corrected chi connectivity index (χ0v) is 25.6. The van der Waals surface area contributed by atoms with E-state index in [0.717, 1.165) is 17.4 Å². The van der Waals surface area contributed by atoms with Gasteiger partial charge < -0.3 is 19.8 Å². The van der Waals surface area contributed by atoms with Crippen LogP contribution in [0.1, 0.15) is 47.9 Å². The summed E-state index contributed by atoms with van der Waals surface area (Å²) in [6.45, 7) is 5.26. The number of ether oxygens (including phenoxy) is 1. The lowest BCUT2D eigenvalue weighted by Gasteiger charge is -2.40. The minimum atomic E-state index is -5.10. The number of hydrogen-bond acceptors (Lipinski definition) is 9. The van der Waals surface area contributed by atoms with E-state index in [1.807, 2.05) is 0 Å². The van der Waals surface area contributed by atoms with E-state index in [-0.39, 0.29) is 41.3 Å². The molecule has 1 atom stereocenters. The van der Waals surface area contributed by atoms with E-state index < -0.39 is 65.7 Å². The van der Waals surface area contributed by atoms with Crippen LogP contribution in [0.3, 0.4) is 0 Å². The molecule has 0 spiro atoms. The standard InChI is InChI=1S/C30H29F6N5O4S/c1-28(2,3)45-27(44)41-9-8-40(14-20(41)15-42)26-38-25(43)24(46-26)21(16-5-7-23-18(10-16)13-37-39-23)11-17-4-6-19(29(31,32)33)12-22(17)30(34,35)36/h4-7,10,12-13,20,42-43H,8-9,11,14-15H2,1-3H3/t20-/m0/s1. The predicted molar refractivity (Wildman–Crippen MR) is 157 cm³/mol. The number of thiazole rings is 1. The summed E-state index contributed by atoms with van der Waals surface area (Å²) < 4.78 is 87.8. The summed E-state index contributed by atoms with van der Waals surface area (Å²) in [5.41, 5.74) is -3.34. The summed E-state index contributed by atoms with van der Waals surface area (Å²) in [4.78, 5) is 20.2. The molecule has 3 aromatic rings. The number of piperazine rings is 1. The minimum absolute atomic E-state index is 0.0817. The third kappa shape index (κ3) is 7.12. The average Bonchev–Trinajstić information content (AvgIpc) is 3.59. The van der Waals surface area contributed by atoms with Crippen LogP contribution in [0.25, 0.3) is 5.57 Å². The van der Waals surface area contributed by atoms with Gasteiger partial charge in [0.05, 0.1) is 40.2 Å². The topological polar surface area (TPSA) is 111 Å². The van der Waals surface area contributed by atoms with Crippen molar-refractivity contribution in [3.05, 3.63) is 74.1 Å². The van der Waals surface area contributed by atoms with Crippen molar-refractivity contribution in [2.24, 2.45) is 10.2 Å². The van der Waals surface area contributed by atoms with Crippen molar-refractivity contribution >= 4 is 34.3 Å². The Bertz CT molecular complexity index is 1800. The first-order valence-corrected chi connectivity index (χ1v) is 14.8. The Balaban J connectivity index is 1.55. The van der Waals surface area contributed by atoms with Crippen LogP contribution in [0.5, 0.6) is 5.88 Å². The van der Waals surface area contributed by atoms with Gasteiger partial charge in [0.1, 0.15) is 5.60 Å². The Morgan fingerprint density at radius 1 is 1.04 bits per heavy atom. The lowest BCUT2D eigenvalue weighted by molar-refractivity contribution is -0.143. The average molecular weight is 670 g/mol. The van der Waals surface area contributed by atoms with Crippen LogP contribution in [0.15, 0.2) is 46.6 Å². The maximum Gasteiger partial charge on any atom is 0.416 e. The Hall–Kier alpha value is -4.18. The molecule has 9 nitrogen and oxygen atoms in total. The Labute approximate surface area is 262 Å². The number of rotatable bonds is 5. The van der Waals surface area contributed by atoms with E-state index in [9.17, 15) is 41.4 Å². The number of alkyl halides is 6. The molecule has 2 N–H and O–H groups in total. The fourth-order valence-corrected chi connectivity index (χ4v) is 6.20. The zero-order chi connectivity index (χ0) is 33.6. The van der Waals surface area contributed by atoms with Crippen LogP contribution < -0.4 is 15.5 Å². The van der Waals surface area contributed by atoms with Crippen molar-refractivity contribution in [2.45, 2.75) is 51.2 Å². The first-order chi connectivity index (χ1) is 21.4. The lowest BCUT2D eigenvalue weighted by atomic mass is 9.94. The van der Waals surface area contributed by atoms with E-state index in [1.54, 1.807) is 43.9 Å². The molecule has 46 heavy (non-hydrogen) atoms. The number of aromatic nitrogens is 1. The Morgan fingerprint density at radius 2 is 1.78 bits per heavy atom. The van der Waals surface area contributed by atoms with Crippen LogP contribution in [-0.4, -0.2) is 70.3 Å². The van der Waals surface area contributed by atoms with Gasteiger partial charge in [-0.2, -0.15) is 41.5 Å². The van der Waals surface area contributed by atoms with E-state index in [1.165, 1.54) is 11.1 Å². The first kappa shape index (κ1) is 33.2.